The highest BCUT2D eigenvalue weighted by molar-refractivity contribution is 6.21. The van der Waals surface area contributed by atoms with Crippen LogP contribution in [0.5, 0.6) is 0 Å². The van der Waals surface area contributed by atoms with Crippen molar-refractivity contribution < 1.29 is 9.59 Å². The summed E-state index contributed by atoms with van der Waals surface area (Å²) < 4.78 is 0. The van der Waals surface area contributed by atoms with E-state index in [0.29, 0.717) is 17.7 Å². The molecule has 1 aliphatic heterocycles. The number of benzene rings is 2. The number of amides is 2. The second-order valence-electron chi connectivity index (χ2n) is 5.51. The van der Waals surface area contributed by atoms with Gasteiger partial charge in [-0.1, -0.05) is 54.3 Å². The van der Waals surface area contributed by atoms with E-state index < -0.39 is 0 Å². The fourth-order valence-corrected chi connectivity index (χ4v) is 2.61. The summed E-state index contributed by atoms with van der Waals surface area (Å²) in [5, 5.41) is 3.24. The highest BCUT2D eigenvalue weighted by atomic mass is 16.2. The van der Waals surface area contributed by atoms with Crippen LogP contribution in [0.2, 0.25) is 0 Å². The molecular weight excluding hydrogens is 300 g/mol. The van der Waals surface area contributed by atoms with Crippen LogP contribution in [0, 0.1) is 11.8 Å². The van der Waals surface area contributed by atoms with Gasteiger partial charge in [0, 0.05) is 6.54 Å². The zero-order chi connectivity index (χ0) is 16.8. The Bertz CT molecular complexity index is 768. The molecule has 3 rings (SSSR count). The quantitative estimate of drug-likeness (QED) is 0.522. The van der Waals surface area contributed by atoms with Crippen molar-refractivity contribution in [3.63, 3.8) is 0 Å². The van der Waals surface area contributed by atoms with E-state index in [-0.39, 0.29) is 18.4 Å². The van der Waals surface area contributed by atoms with Gasteiger partial charge in [0.05, 0.1) is 24.2 Å². The van der Waals surface area contributed by atoms with Gasteiger partial charge < -0.3 is 5.32 Å². The lowest BCUT2D eigenvalue weighted by atomic mass is 10.1. The average Bonchev–Trinajstić information content (AvgIpc) is 2.87. The summed E-state index contributed by atoms with van der Waals surface area (Å²) in [6.45, 7) is 1.51. The first-order chi connectivity index (χ1) is 11.8. The van der Waals surface area contributed by atoms with Gasteiger partial charge in [0.25, 0.3) is 11.8 Å². The van der Waals surface area contributed by atoms with Gasteiger partial charge in [-0.3, -0.25) is 14.5 Å². The van der Waals surface area contributed by atoms with Crippen LogP contribution in [0.4, 0.5) is 0 Å². The van der Waals surface area contributed by atoms with Gasteiger partial charge >= 0.3 is 0 Å². The normalized spacial score (nSPS) is 12.8. The van der Waals surface area contributed by atoms with E-state index in [1.807, 2.05) is 18.2 Å². The number of hydrogen-bond donors (Lipinski definition) is 1. The predicted octanol–water partition coefficient (Wildman–Crippen LogP) is 2.12. The molecule has 4 heteroatoms. The first kappa shape index (κ1) is 16.0. The number of fused-ring (bicyclic) bond motifs is 1. The van der Waals surface area contributed by atoms with Crippen LogP contribution in [-0.4, -0.2) is 36.3 Å². The maximum absolute atomic E-state index is 12.2. The molecule has 0 aromatic heterocycles. The van der Waals surface area contributed by atoms with Crippen LogP contribution in [-0.2, 0) is 6.42 Å². The third-order valence-corrected chi connectivity index (χ3v) is 3.89. The molecule has 1 heterocycles. The van der Waals surface area contributed by atoms with Crippen molar-refractivity contribution in [2.45, 2.75) is 6.42 Å². The van der Waals surface area contributed by atoms with E-state index >= 15 is 0 Å². The van der Waals surface area contributed by atoms with Gasteiger partial charge in [0.15, 0.2) is 0 Å². The van der Waals surface area contributed by atoms with E-state index in [9.17, 15) is 9.59 Å². The van der Waals surface area contributed by atoms with Gasteiger partial charge in [-0.2, -0.15) is 0 Å². The molecule has 24 heavy (non-hydrogen) atoms. The number of carbonyl (C=O) groups is 2. The molecule has 0 saturated heterocycles. The summed E-state index contributed by atoms with van der Waals surface area (Å²) >= 11 is 0. The standard InChI is InChI=1S/C20H18N2O2/c23-19-17-10-4-5-11-18(17)20(24)22(19)15-7-6-13-21-14-12-16-8-2-1-3-9-16/h1-5,8-11,21H,12-15H2. The molecule has 0 saturated carbocycles. The Labute approximate surface area is 141 Å². The Morgan fingerprint density at radius 3 is 2.12 bits per heavy atom. The lowest BCUT2D eigenvalue weighted by molar-refractivity contribution is 0.0675. The Morgan fingerprint density at radius 1 is 0.833 bits per heavy atom. The Morgan fingerprint density at radius 2 is 1.46 bits per heavy atom. The first-order valence-corrected chi connectivity index (χ1v) is 7.93. The molecular formula is C20H18N2O2. The van der Waals surface area contributed by atoms with E-state index in [1.54, 1.807) is 24.3 Å². The maximum atomic E-state index is 12.2. The molecule has 0 bridgehead atoms. The molecule has 120 valence electrons. The van der Waals surface area contributed by atoms with E-state index in [0.717, 1.165) is 13.0 Å². The minimum Gasteiger partial charge on any atom is -0.306 e. The number of hydrogen-bond acceptors (Lipinski definition) is 3. The second-order valence-corrected chi connectivity index (χ2v) is 5.51. The molecule has 4 nitrogen and oxygen atoms in total. The monoisotopic (exact) mass is 318 g/mol. The molecule has 0 atom stereocenters. The van der Waals surface area contributed by atoms with Gasteiger partial charge in [0.1, 0.15) is 0 Å². The SMILES string of the molecule is O=C1c2ccccc2C(=O)N1CC#CCNCCc1ccccc1. The zero-order valence-electron chi connectivity index (χ0n) is 13.3. The lowest BCUT2D eigenvalue weighted by Gasteiger charge is -2.08. The molecule has 0 fully saturated rings. The Balaban J connectivity index is 1.44. The molecule has 2 aromatic rings. The van der Waals surface area contributed by atoms with Crippen molar-refractivity contribution in [1.29, 1.82) is 0 Å². The van der Waals surface area contributed by atoms with Crippen LogP contribution in [0.3, 0.4) is 0 Å². The second kappa shape index (κ2) is 7.58. The van der Waals surface area contributed by atoms with Crippen molar-refractivity contribution in [3.8, 4) is 11.8 Å². The largest absolute Gasteiger partial charge is 0.306 e. The Hall–Kier alpha value is -2.90. The van der Waals surface area contributed by atoms with E-state index in [2.05, 4.69) is 29.3 Å². The number of rotatable bonds is 5. The fraction of sp³-hybridized carbons (Fsp3) is 0.200. The van der Waals surface area contributed by atoms with Gasteiger partial charge in [-0.05, 0) is 24.1 Å². The number of imide groups is 1. The van der Waals surface area contributed by atoms with Crippen LogP contribution < -0.4 is 5.32 Å². The first-order valence-electron chi connectivity index (χ1n) is 7.93. The molecule has 2 amide bonds. The highest BCUT2D eigenvalue weighted by Crippen LogP contribution is 2.21. The average molecular weight is 318 g/mol. The van der Waals surface area contributed by atoms with Crippen LogP contribution >= 0.6 is 0 Å². The zero-order valence-corrected chi connectivity index (χ0v) is 13.3. The van der Waals surface area contributed by atoms with Crippen LogP contribution in [0.25, 0.3) is 0 Å². The minimum atomic E-state index is -0.262. The Kier molecular flexibility index (Phi) is 5.05. The summed E-state index contributed by atoms with van der Waals surface area (Å²) in [5.74, 6) is 5.33. The number of carbonyl (C=O) groups excluding carboxylic acids is 2. The number of nitrogens with one attached hydrogen (secondary N) is 1. The van der Waals surface area contributed by atoms with Crippen molar-refractivity contribution >= 4 is 11.8 Å². The van der Waals surface area contributed by atoms with Crippen LogP contribution in [0.15, 0.2) is 54.6 Å². The van der Waals surface area contributed by atoms with Crippen LogP contribution in [0.1, 0.15) is 26.3 Å². The third-order valence-electron chi connectivity index (χ3n) is 3.89. The van der Waals surface area contributed by atoms with Gasteiger partial charge in [-0.25, -0.2) is 0 Å². The maximum Gasteiger partial charge on any atom is 0.262 e. The summed E-state index contributed by atoms with van der Waals surface area (Å²) in [6.07, 6.45) is 0.945. The smallest absolute Gasteiger partial charge is 0.262 e. The predicted molar refractivity (Wildman–Crippen MR) is 92.6 cm³/mol. The molecule has 0 radical (unpaired) electrons. The summed E-state index contributed by atoms with van der Waals surface area (Å²) in [6, 6.07) is 17.1. The molecule has 1 N–H and O–H groups in total. The topological polar surface area (TPSA) is 49.4 Å². The summed E-state index contributed by atoms with van der Waals surface area (Å²) in [7, 11) is 0. The van der Waals surface area contributed by atoms with E-state index in [1.165, 1.54) is 10.5 Å². The molecule has 2 aromatic carbocycles. The number of nitrogens with zero attached hydrogens (tertiary/aromatic N) is 1. The minimum absolute atomic E-state index is 0.132. The third kappa shape index (κ3) is 3.53. The summed E-state index contributed by atoms with van der Waals surface area (Å²) in [5.41, 5.74) is 2.21. The van der Waals surface area contributed by atoms with Crippen molar-refractivity contribution in [2.75, 3.05) is 19.6 Å². The van der Waals surface area contributed by atoms with Crippen molar-refractivity contribution in [2.24, 2.45) is 0 Å². The molecule has 0 unspecified atom stereocenters. The molecule has 1 aliphatic rings. The summed E-state index contributed by atoms with van der Waals surface area (Å²) in [4.78, 5) is 25.5. The van der Waals surface area contributed by atoms with Crippen molar-refractivity contribution in [1.82, 2.24) is 10.2 Å². The van der Waals surface area contributed by atoms with Gasteiger partial charge in [-0.15, -0.1) is 0 Å². The fourth-order valence-electron chi connectivity index (χ4n) is 2.61. The molecule has 0 spiro atoms. The highest BCUT2D eigenvalue weighted by Gasteiger charge is 2.34. The van der Waals surface area contributed by atoms with Gasteiger partial charge in [0.2, 0.25) is 0 Å². The lowest BCUT2D eigenvalue weighted by Crippen LogP contribution is -2.30. The van der Waals surface area contributed by atoms with E-state index in [4.69, 9.17) is 0 Å². The van der Waals surface area contributed by atoms with Crippen molar-refractivity contribution in [3.05, 3.63) is 71.3 Å². The molecule has 0 aliphatic carbocycles.